The monoisotopic (exact) mass is 286 g/mol. The van der Waals surface area contributed by atoms with Gasteiger partial charge in [0.15, 0.2) is 0 Å². The minimum absolute atomic E-state index is 0.0547. The van der Waals surface area contributed by atoms with Gasteiger partial charge in [-0.25, -0.2) is 0 Å². The first-order valence-corrected chi connectivity index (χ1v) is 6.75. The molecule has 1 aromatic carbocycles. The van der Waals surface area contributed by atoms with Crippen molar-refractivity contribution in [3.8, 4) is 11.5 Å². The number of phenolic OH excluding ortho intramolecular Hbond substituents is 2. The Morgan fingerprint density at radius 1 is 1.24 bits per heavy atom. The van der Waals surface area contributed by atoms with Crippen LogP contribution in [-0.4, -0.2) is 32.5 Å². The molecule has 1 amide bonds. The van der Waals surface area contributed by atoms with Crippen molar-refractivity contribution in [2.75, 3.05) is 6.54 Å². The molecule has 0 aliphatic rings. The number of hydrogen-bond acceptors (Lipinski definition) is 4. The number of benzene rings is 1. The third kappa shape index (κ3) is 3.51. The maximum atomic E-state index is 12.5. The van der Waals surface area contributed by atoms with Crippen LogP contribution in [0.25, 0.3) is 0 Å². The second-order valence-corrected chi connectivity index (χ2v) is 4.79. The fourth-order valence-electron chi connectivity index (χ4n) is 2.08. The van der Waals surface area contributed by atoms with Crippen LogP contribution in [0.5, 0.6) is 11.5 Å². The lowest BCUT2D eigenvalue weighted by atomic mass is 10.1. The van der Waals surface area contributed by atoms with Gasteiger partial charge in [-0.05, 0) is 44.2 Å². The van der Waals surface area contributed by atoms with Crippen LogP contribution in [0.4, 0.5) is 0 Å². The zero-order valence-corrected chi connectivity index (χ0v) is 12.1. The third-order valence-corrected chi connectivity index (χ3v) is 3.18. The lowest BCUT2D eigenvalue weighted by molar-refractivity contribution is 0.0747. The molecule has 1 aromatic heterocycles. The summed E-state index contributed by atoms with van der Waals surface area (Å²) in [6, 6.07) is 9.55. The molecule has 5 heteroatoms. The van der Waals surface area contributed by atoms with Crippen molar-refractivity contribution in [3.63, 3.8) is 0 Å². The number of aromatic hydroxyl groups is 2. The maximum absolute atomic E-state index is 12.5. The Morgan fingerprint density at radius 2 is 2.00 bits per heavy atom. The summed E-state index contributed by atoms with van der Waals surface area (Å²) in [6.45, 7) is 4.58. The molecule has 0 fully saturated rings. The molecule has 0 atom stereocenters. The summed E-state index contributed by atoms with van der Waals surface area (Å²) in [5.41, 5.74) is 1.76. The van der Waals surface area contributed by atoms with Crippen LogP contribution in [-0.2, 0) is 6.54 Å². The second kappa shape index (κ2) is 6.26. The summed E-state index contributed by atoms with van der Waals surface area (Å²) in [5, 5.41) is 19.3. The van der Waals surface area contributed by atoms with Gasteiger partial charge >= 0.3 is 0 Å². The van der Waals surface area contributed by atoms with Crippen molar-refractivity contribution < 1.29 is 15.0 Å². The summed E-state index contributed by atoms with van der Waals surface area (Å²) >= 11 is 0. The van der Waals surface area contributed by atoms with E-state index in [0.29, 0.717) is 13.1 Å². The zero-order valence-electron chi connectivity index (χ0n) is 12.1. The first-order chi connectivity index (χ1) is 10.0. The molecule has 0 aliphatic heterocycles. The highest BCUT2D eigenvalue weighted by Crippen LogP contribution is 2.24. The van der Waals surface area contributed by atoms with Crippen molar-refractivity contribution >= 4 is 5.91 Å². The van der Waals surface area contributed by atoms with Gasteiger partial charge in [0.05, 0.1) is 17.8 Å². The van der Waals surface area contributed by atoms with E-state index >= 15 is 0 Å². The average molecular weight is 286 g/mol. The first-order valence-electron chi connectivity index (χ1n) is 6.75. The van der Waals surface area contributed by atoms with Gasteiger partial charge in [0, 0.05) is 12.2 Å². The zero-order chi connectivity index (χ0) is 15.4. The third-order valence-electron chi connectivity index (χ3n) is 3.18. The van der Waals surface area contributed by atoms with E-state index in [1.165, 1.54) is 18.2 Å². The number of nitrogens with zero attached hydrogens (tertiary/aromatic N) is 2. The van der Waals surface area contributed by atoms with E-state index in [-0.39, 0.29) is 23.0 Å². The van der Waals surface area contributed by atoms with Crippen LogP contribution in [0.3, 0.4) is 0 Å². The smallest absolute Gasteiger partial charge is 0.258 e. The average Bonchev–Trinajstić information content (AvgIpc) is 2.46. The molecule has 2 rings (SSSR count). The number of carbonyl (C=O) groups is 1. The highest BCUT2D eigenvalue weighted by Gasteiger charge is 2.19. The highest BCUT2D eigenvalue weighted by atomic mass is 16.3. The Morgan fingerprint density at radius 3 is 2.67 bits per heavy atom. The van der Waals surface area contributed by atoms with E-state index in [4.69, 9.17) is 0 Å². The van der Waals surface area contributed by atoms with Crippen molar-refractivity contribution in [1.29, 1.82) is 0 Å². The van der Waals surface area contributed by atoms with E-state index in [0.717, 1.165) is 11.4 Å². The van der Waals surface area contributed by atoms with Crippen molar-refractivity contribution in [1.82, 2.24) is 9.88 Å². The summed E-state index contributed by atoms with van der Waals surface area (Å²) in [4.78, 5) is 18.4. The predicted octanol–water partition coefficient (Wildman–Crippen LogP) is 2.46. The van der Waals surface area contributed by atoms with Crippen LogP contribution >= 0.6 is 0 Å². The molecule has 0 saturated carbocycles. The highest BCUT2D eigenvalue weighted by molar-refractivity contribution is 5.97. The Labute approximate surface area is 123 Å². The maximum Gasteiger partial charge on any atom is 0.258 e. The fraction of sp³-hybridized carbons (Fsp3) is 0.250. The number of phenols is 2. The predicted molar refractivity (Wildman–Crippen MR) is 79.2 cm³/mol. The Kier molecular flexibility index (Phi) is 4.42. The standard InChI is InChI=1S/C16H18N2O3/c1-3-18(10-12-6-4-5-11(2)17-12)16(21)14-9-13(19)7-8-15(14)20/h4-9,19-20H,3,10H2,1-2H3. The number of carbonyl (C=O) groups excluding carboxylic acids is 1. The molecule has 21 heavy (non-hydrogen) atoms. The summed E-state index contributed by atoms with van der Waals surface area (Å²) in [6.07, 6.45) is 0. The lowest BCUT2D eigenvalue weighted by Gasteiger charge is -2.21. The van der Waals surface area contributed by atoms with E-state index < -0.39 is 0 Å². The molecular weight excluding hydrogens is 268 g/mol. The normalized spacial score (nSPS) is 10.4. The minimum Gasteiger partial charge on any atom is -0.508 e. The first kappa shape index (κ1) is 14.8. The van der Waals surface area contributed by atoms with Gasteiger partial charge in [-0.3, -0.25) is 9.78 Å². The van der Waals surface area contributed by atoms with Crippen molar-refractivity contribution in [2.24, 2.45) is 0 Å². The lowest BCUT2D eigenvalue weighted by Crippen LogP contribution is -2.30. The SMILES string of the molecule is CCN(Cc1cccc(C)n1)C(=O)c1cc(O)ccc1O. The van der Waals surface area contributed by atoms with Crippen LogP contribution < -0.4 is 0 Å². The molecule has 2 N–H and O–H groups in total. The van der Waals surface area contributed by atoms with E-state index in [9.17, 15) is 15.0 Å². The molecule has 0 unspecified atom stereocenters. The number of hydrogen-bond donors (Lipinski definition) is 2. The molecular formula is C16H18N2O3. The van der Waals surface area contributed by atoms with Gasteiger partial charge in [-0.1, -0.05) is 6.07 Å². The molecule has 0 bridgehead atoms. The van der Waals surface area contributed by atoms with Gasteiger partial charge in [0.2, 0.25) is 0 Å². The van der Waals surface area contributed by atoms with Crippen LogP contribution in [0.1, 0.15) is 28.7 Å². The second-order valence-electron chi connectivity index (χ2n) is 4.79. The molecule has 2 aromatic rings. The van der Waals surface area contributed by atoms with Gasteiger partial charge < -0.3 is 15.1 Å². The molecule has 0 saturated heterocycles. The largest absolute Gasteiger partial charge is 0.508 e. The number of pyridine rings is 1. The number of amides is 1. The summed E-state index contributed by atoms with van der Waals surface area (Å²) < 4.78 is 0. The molecule has 0 radical (unpaired) electrons. The Bertz CT molecular complexity index is 656. The minimum atomic E-state index is -0.339. The van der Waals surface area contributed by atoms with Crippen LogP contribution in [0.15, 0.2) is 36.4 Å². The number of rotatable bonds is 4. The van der Waals surface area contributed by atoms with Gasteiger partial charge in [-0.2, -0.15) is 0 Å². The number of aromatic nitrogens is 1. The number of aryl methyl sites for hydroxylation is 1. The molecule has 0 aliphatic carbocycles. The van der Waals surface area contributed by atoms with E-state index in [1.807, 2.05) is 32.0 Å². The van der Waals surface area contributed by atoms with Crippen molar-refractivity contribution in [3.05, 3.63) is 53.3 Å². The van der Waals surface area contributed by atoms with Gasteiger partial charge in [-0.15, -0.1) is 0 Å². The fourth-order valence-corrected chi connectivity index (χ4v) is 2.08. The van der Waals surface area contributed by atoms with Crippen molar-refractivity contribution in [2.45, 2.75) is 20.4 Å². The van der Waals surface area contributed by atoms with Crippen LogP contribution in [0, 0.1) is 6.92 Å². The molecule has 0 spiro atoms. The van der Waals surface area contributed by atoms with E-state index in [2.05, 4.69) is 4.98 Å². The summed E-state index contributed by atoms with van der Waals surface area (Å²) in [5.74, 6) is -0.538. The molecule has 5 nitrogen and oxygen atoms in total. The van der Waals surface area contributed by atoms with Gasteiger partial charge in [0.1, 0.15) is 11.5 Å². The topological polar surface area (TPSA) is 73.7 Å². The molecule has 110 valence electrons. The van der Waals surface area contributed by atoms with Crippen LogP contribution in [0.2, 0.25) is 0 Å². The molecule has 1 heterocycles. The van der Waals surface area contributed by atoms with E-state index in [1.54, 1.807) is 4.90 Å². The Balaban J connectivity index is 2.24. The quantitative estimate of drug-likeness (QED) is 0.847. The Hall–Kier alpha value is -2.56. The van der Waals surface area contributed by atoms with Gasteiger partial charge in [0.25, 0.3) is 5.91 Å². The summed E-state index contributed by atoms with van der Waals surface area (Å²) in [7, 11) is 0.